The average molecular weight is 339 g/mol. The molecular weight excluding hydrogens is 323 g/mol. The predicted octanol–water partition coefficient (Wildman–Crippen LogP) is 3.03. The van der Waals surface area contributed by atoms with Gasteiger partial charge in [0.15, 0.2) is 5.69 Å². The number of aryl methyl sites for hydroxylation is 1. The summed E-state index contributed by atoms with van der Waals surface area (Å²) < 4.78 is 38.9. The molecule has 0 spiro atoms. The van der Waals surface area contributed by atoms with Crippen molar-refractivity contribution in [1.29, 1.82) is 0 Å². The van der Waals surface area contributed by atoms with E-state index in [1.807, 2.05) is 12.1 Å². The molecule has 3 rings (SSSR count). The molecule has 6 nitrogen and oxygen atoms in total. The molecule has 2 heterocycles. The van der Waals surface area contributed by atoms with Crippen LogP contribution in [0.5, 0.6) is 0 Å². The maximum atomic E-state index is 12.6. The van der Waals surface area contributed by atoms with Crippen molar-refractivity contribution in [3.8, 4) is 0 Å². The first-order valence-electron chi connectivity index (χ1n) is 7.45. The van der Waals surface area contributed by atoms with Crippen LogP contribution in [0.25, 0.3) is 0 Å². The Kier molecular flexibility index (Phi) is 4.16. The van der Waals surface area contributed by atoms with E-state index in [1.165, 1.54) is 7.05 Å². The van der Waals surface area contributed by atoms with Crippen LogP contribution < -0.4 is 10.6 Å². The van der Waals surface area contributed by atoms with Gasteiger partial charge in [-0.3, -0.25) is 10.00 Å². The lowest BCUT2D eigenvalue weighted by Gasteiger charge is -2.08. The second-order valence-corrected chi connectivity index (χ2v) is 5.67. The van der Waals surface area contributed by atoms with Crippen molar-refractivity contribution >= 4 is 11.8 Å². The fourth-order valence-corrected chi connectivity index (χ4v) is 2.27. The van der Waals surface area contributed by atoms with Crippen molar-refractivity contribution in [2.75, 3.05) is 5.32 Å². The second kappa shape index (κ2) is 6.14. The summed E-state index contributed by atoms with van der Waals surface area (Å²) in [6.45, 7) is -0.0757. The molecule has 2 aromatic rings. The van der Waals surface area contributed by atoms with E-state index in [-0.39, 0.29) is 12.2 Å². The minimum absolute atomic E-state index is 0.0757. The van der Waals surface area contributed by atoms with Crippen molar-refractivity contribution in [3.05, 3.63) is 41.3 Å². The van der Waals surface area contributed by atoms with Crippen LogP contribution in [0.15, 0.2) is 24.3 Å². The molecule has 0 saturated heterocycles. The smallest absolute Gasteiger partial charge is 0.332 e. The summed E-state index contributed by atoms with van der Waals surface area (Å²) in [5.74, 6) is 0.878. The van der Waals surface area contributed by atoms with Crippen molar-refractivity contribution in [3.63, 3.8) is 0 Å². The summed E-state index contributed by atoms with van der Waals surface area (Å²) in [7, 11) is 1.39. The number of urea groups is 1. The molecule has 1 aliphatic carbocycles. The standard InChI is InChI=1S/C15H16F3N5O/c1-23-10(7-12(22-23)15(16,17)18)8-19-14(24)21-13-4-2-3-11(20-13)9-5-6-9/h2-4,7,9H,5-6,8H2,1H3,(H2,19,20,21,24). The first kappa shape index (κ1) is 16.3. The third-order valence-electron chi connectivity index (χ3n) is 3.71. The van der Waals surface area contributed by atoms with Gasteiger partial charge < -0.3 is 5.32 Å². The minimum atomic E-state index is -4.51. The van der Waals surface area contributed by atoms with Gasteiger partial charge >= 0.3 is 12.2 Å². The molecule has 0 atom stereocenters. The number of hydrogen-bond donors (Lipinski definition) is 2. The molecule has 0 aliphatic heterocycles. The quantitative estimate of drug-likeness (QED) is 0.899. The summed E-state index contributed by atoms with van der Waals surface area (Å²) >= 11 is 0. The Morgan fingerprint density at radius 1 is 1.38 bits per heavy atom. The molecular formula is C15H16F3N5O. The van der Waals surface area contributed by atoms with Gasteiger partial charge in [0.1, 0.15) is 5.82 Å². The molecule has 0 unspecified atom stereocenters. The molecule has 1 fully saturated rings. The van der Waals surface area contributed by atoms with Crippen LogP contribution in [0.3, 0.4) is 0 Å². The highest BCUT2D eigenvalue weighted by atomic mass is 19.4. The molecule has 2 aromatic heterocycles. The first-order chi connectivity index (χ1) is 11.3. The number of anilines is 1. The molecule has 128 valence electrons. The van der Waals surface area contributed by atoms with Gasteiger partial charge in [-0.15, -0.1) is 0 Å². The van der Waals surface area contributed by atoms with Gasteiger partial charge in [-0.25, -0.2) is 9.78 Å². The van der Waals surface area contributed by atoms with E-state index >= 15 is 0 Å². The van der Waals surface area contributed by atoms with Gasteiger partial charge in [0.05, 0.1) is 12.2 Å². The Morgan fingerprint density at radius 2 is 2.12 bits per heavy atom. The Balaban J connectivity index is 1.58. The van der Waals surface area contributed by atoms with Gasteiger partial charge in [-0.05, 0) is 31.0 Å². The molecule has 2 N–H and O–H groups in total. The number of hydrogen-bond acceptors (Lipinski definition) is 3. The van der Waals surface area contributed by atoms with Crippen LogP contribution in [-0.2, 0) is 19.8 Å². The normalized spacial score (nSPS) is 14.5. The third-order valence-corrected chi connectivity index (χ3v) is 3.71. The molecule has 2 amide bonds. The van der Waals surface area contributed by atoms with Crippen molar-refractivity contribution in [2.45, 2.75) is 31.5 Å². The van der Waals surface area contributed by atoms with Crippen LogP contribution in [-0.4, -0.2) is 20.8 Å². The highest BCUT2D eigenvalue weighted by molar-refractivity contribution is 5.88. The van der Waals surface area contributed by atoms with Crippen LogP contribution in [0, 0.1) is 0 Å². The van der Waals surface area contributed by atoms with E-state index in [2.05, 4.69) is 20.7 Å². The van der Waals surface area contributed by atoms with Gasteiger partial charge in [-0.1, -0.05) is 6.07 Å². The Hall–Kier alpha value is -2.58. The highest BCUT2D eigenvalue weighted by Crippen LogP contribution is 2.39. The number of nitrogens with one attached hydrogen (secondary N) is 2. The van der Waals surface area contributed by atoms with Crippen molar-refractivity contribution in [1.82, 2.24) is 20.1 Å². The van der Waals surface area contributed by atoms with E-state index < -0.39 is 17.9 Å². The fourth-order valence-electron chi connectivity index (χ4n) is 2.27. The van der Waals surface area contributed by atoms with Gasteiger partial charge in [0.25, 0.3) is 0 Å². The predicted molar refractivity (Wildman–Crippen MR) is 80.3 cm³/mol. The number of aromatic nitrogens is 3. The largest absolute Gasteiger partial charge is 0.435 e. The summed E-state index contributed by atoms with van der Waals surface area (Å²) in [5.41, 5.74) is 0.201. The number of carbonyl (C=O) groups excluding carboxylic acids is 1. The summed E-state index contributed by atoms with van der Waals surface area (Å²) in [6, 6.07) is 5.76. The van der Waals surface area contributed by atoms with Crippen molar-refractivity contribution < 1.29 is 18.0 Å². The average Bonchev–Trinajstić information content (AvgIpc) is 3.28. The summed E-state index contributed by atoms with van der Waals surface area (Å²) in [5, 5.41) is 8.47. The number of rotatable bonds is 4. The zero-order valence-electron chi connectivity index (χ0n) is 12.9. The fraction of sp³-hybridized carbons (Fsp3) is 0.400. The lowest BCUT2D eigenvalue weighted by molar-refractivity contribution is -0.141. The number of amides is 2. The van der Waals surface area contributed by atoms with Gasteiger partial charge in [0.2, 0.25) is 0 Å². The molecule has 0 radical (unpaired) electrons. The van der Waals surface area contributed by atoms with Crippen molar-refractivity contribution in [2.24, 2.45) is 7.05 Å². The van der Waals surface area contributed by atoms with E-state index in [1.54, 1.807) is 6.07 Å². The number of halogens is 3. The van der Waals surface area contributed by atoms with E-state index in [9.17, 15) is 18.0 Å². The monoisotopic (exact) mass is 339 g/mol. The van der Waals surface area contributed by atoms with Crippen LogP contribution >= 0.6 is 0 Å². The maximum absolute atomic E-state index is 12.6. The highest BCUT2D eigenvalue weighted by Gasteiger charge is 2.34. The van der Waals surface area contributed by atoms with Gasteiger partial charge in [0, 0.05) is 18.7 Å². The topological polar surface area (TPSA) is 71.8 Å². The summed E-state index contributed by atoms with van der Waals surface area (Å²) in [4.78, 5) is 16.2. The molecule has 24 heavy (non-hydrogen) atoms. The van der Waals surface area contributed by atoms with E-state index in [0.717, 1.165) is 29.3 Å². The van der Waals surface area contributed by atoms with E-state index in [0.29, 0.717) is 11.7 Å². The van der Waals surface area contributed by atoms with Gasteiger partial charge in [-0.2, -0.15) is 18.3 Å². The zero-order valence-corrected chi connectivity index (χ0v) is 12.9. The first-order valence-corrected chi connectivity index (χ1v) is 7.45. The zero-order chi connectivity index (χ0) is 17.3. The number of carbonyl (C=O) groups is 1. The Labute approximate surface area is 136 Å². The summed E-state index contributed by atoms with van der Waals surface area (Å²) in [6.07, 6.45) is -2.30. The molecule has 0 aromatic carbocycles. The number of pyridine rings is 1. The molecule has 1 saturated carbocycles. The second-order valence-electron chi connectivity index (χ2n) is 5.67. The van der Waals surface area contributed by atoms with E-state index in [4.69, 9.17) is 0 Å². The minimum Gasteiger partial charge on any atom is -0.332 e. The maximum Gasteiger partial charge on any atom is 0.435 e. The molecule has 0 bridgehead atoms. The number of nitrogens with zero attached hydrogens (tertiary/aromatic N) is 3. The van der Waals surface area contributed by atoms with Crippen LogP contribution in [0.2, 0.25) is 0 Å². The van der Waals surface area contributed by atoms with Crippen LogP contribution in [0.4, 0.5) is 23.8 Å². The Morgan fingerprint density at radius 3 is 2.75 bits per heavy atom. The number of alkyl halides is 3. The molecule has 9 heteroatoms. The van der Waals surface area contributed by atoms with Crippen LogP contribution in [0.1, 0.15) is 35.8 Å². The lowest BCUT2D eigenvalue weighted by atomic mass is 10.2. The SMILES string of the molecule is Cn1nc(C(F)(F)F)cc1CNC(=O)Nc1cccc(C2CC2)n1. The third kappa shape index (κ3) is 3.84. The molecule has 1 aliphatic rings. The lowest BCUT2D eigenvalue weighted by Crippen LogP contribution is -2.29. The Bertz CT molecular complexity index is 752.